The molecule has 0 aromatic carbocycles. The lowest BCUT2D eigenvalue weighted by atomic mass is 9.83. The average molecular weight is 331 g/mol. The molecule has 5 nitrogen and oxygen atoms in total. The van der Waals surface area contributed by atoms with Crippen LogP contribution in [-0.2, 0) is 19.1 Å². The molecule has 126 valence electrons. The minimum atomic E-state index is -4.57. The Bertz CT molecular complexity index is 580. The molecule has 0 spiro atoms. The number of rotatable bonds is 3. The number of methoxy groups -OCH3 is 1. The van der Waals surface area contributed by atoms with Crippen molar-refractivity contribution in [3.63, 3.8) is 0 Å². The summed E-state index contributed by atoms with van der Waals surface area (Å²) in [5, 5.41) is 0. The van der Waals surface area contributed by atoms with Crippen molar-refractivity contribution in [2.24, 2.45) is 11.8 Å². The van der Waals surface area contributed by atoms with Crippen molar-refractivity contribution in [1.29, 1.82) is 0 Å². The lowest BCUT2D eigenvalue weighted by Gasteiger charge is -2.23. The van der Waals surface area contributed by atoms with Gasteiger partial charge in [-0.15, -0.1) is 0 Å². The average Bonchev–Trinajstić information content (AvgIpc) is 2.56. The zero-order valence-corrected chi connectivity index (χ0v) is 12.4. The number of amides is 1. The smallest absolute Gasteiger partial charge is 0.406 e. The van der Waals surface area contributed by atoms with Gasteiger partial charge in [0, 0.05) is 24.5 Å². The van der Waals surface area contributed by atoms with Gasteiger partial charge < -0.3 is 9.64 Å². The largest absolute Gasteiger partial charge is 0.469 e. The second-order valence-electron chi connectivity index (χ2n) is 5.61. The molecule has 0 fully saturated rings. The molecule has 1 aliphatic heterocycles. The predicted octanol–water partition coefficient (Wildman–Crippen LogP) is 1.99. The maximum Gasteiger partial charge on any atom is 0.406 e. The number of hydrogen-bond acceptors (Lipinski definition) is 4. The van der Waals surface area contributed by atoms with Gasteiger partial charge >= 0.3 is 12.1 Å². The molecule has 0 saturated heterocycles. The highest BCUT2D eigenvalue weighted by molar-refractivity contribution is 5.93. The molecular weight excluding hydrogens is 315 g/mol. The third-order valence-electron chi connectivity index (χ3n) is 3.85. The van der Waals surface area contributed by atoms with E-state index >= 15 is 0 Å². The van der Waals surface area contributed by atoms with Crippen LogP contribution >= 0.6 is 0 Å². The van der Waals surface area contributed by atoms with E-state index in [9.17, 15) is 27.6 Å². The molecular formula is C15H16F3NO4. The number of esters is 1. The molecule has 1 unspecified atom stereocenters. The first kappa shape index (κ1) is 17.2. The van der Waals surface area contributed by atoms with Crippen LogP contribution in [0, 0.1) is 11.8 Å². The summed E-state index contributed by atoms with van der Waals surface area (Å²) in [6.45, 7) is -1.45. The summed E-state index contributed by atoms with van der Waals surface area (Å²) < 4.78 is 42.6. The van der Waals surface area contributed by atoms with Crippen LogP contribution in [0.5, 0.6) is 0 Å². The van der Waals surface area contributed by atoms with Crippen LogP contribution in [0.1, 0.15) is 19.3 Å². The van der Waals surface area contributed by atoms with Crippen molar-refractivity contribution >= 4 is 17.7 Å². The van der Waals surface area contributed by atoms with Crippen molar-refractivity contribution in [1.82, 2.24) is 4.90 Å². The number of carbonyl (C=O) groups is 3. The summed E-state index contributed by atoms with van der Waals surface area (Å²) in [5.41, 5.74) is 0.461. The van der Waals surface area contributed by atoms with Crippen molar-refractivity contribution in [3.05, 3.63) is 23.9 Å². The van der Waals surface area contributed by atoms with Crippen LogP contribution in [0.2, 0.25) is 0 Å². The van der Waals surface area contributed by atoms with Crippen LogP contribution in [0.25, 0.3) is 0 Å². The molecule has 2 aliphatic rings. The molecule has 0 N–H and O–H groups in total. The zero-order chi connectivity index (χ0) is 17.2. The van der Waals surface area contributed by atoms with Gasteiger partial charge in [-0.3, -0.25) is 14.4 Å². The molecule has 0 bridgehead atoms. The molecule has 23 heavy (non-hydrogen) atoms. The molecule has 0 aromatic heterocycles. The Morgan fingerprint density at radius 3 is 2.70 bits per heavy atom. The Kier molecular flexibility index (Phi) is 4.91. The van der Waals surface area contributed by atoms with Crippen molar-refractivity contribution in [2.45, 2.75) is 25.4 Å². The lowest BCUT2D eigenvalue weighted by molar-refractivity contribution is -0.159. The first-order chi connectivity index (χ1) is 10.7. The minimum absolute atomic E-state index is 0.0201. The number of allylic oxidation sites excluding steroid dienone is 3. The van der Waals surface area contributed by atoms with Gasteiger partial charge in [0.25, 0.3) is 0 Å². The third-order valence-corrected chi connectivity index (χ3v) is 3.85. The summed E-state index contributed by atoms with van der Waals surface area (Å²) in [5.74, 6) is -2.91. The van der Waals surface area contributed by atoms with Crippen LogP contribution in [0.4, 0.5) is 13.2 Å². The van der Waals surface area contributed by atoms with E-state index < -0.39 is 30.5 Å². The van der Waals surface area contributed by atoms with Crippen LogP contribution in [0.15, 0.2) is 23.9 Å². The molecule has 8 heteroatoms. The second-order valence-corrected chi connectivity index (χ2v) is 5.61. The molecule has 2 atom stereocenters. The highest BCUT2D eigenvalue weighted by atomic mass is 19.4. The van der Waals surface area contributed by atoms with Gasteiger partial charge in [0.15, 0.2) is 5.78 Å². The number of nitrogens with zero attached hydrogens (tertiary/aromatic N) is 1. The fraction of sp³-hybridized carbons (Fsp3) is 0.533. The topological polar surface area (TPSA) is 63.7 Å². The summed E-state index contributed by atoms with van der Waals surface area (Å²) >= 11 is 0. The standard InChI is InChI=1S/C15H16F3NO4/c1-23-13(21)6-10-4-9-2-3-12(20)5-11(9)7-19(14(10)22)8-15(16,17)18/h2-3,7,9-10H,4-6,8H2,1H3/t9?,10-/m0/s1. The number of fused-ring (bicyclic) bond motifs is 1. The lowest BCUT2D eigenvalue weighted by Crippen LogP contribution is -2.38. The Labute approximate surface area is 130 Å². The van der Waals surface area contributed by atoms with Crippen molar-refractivity contribution in [2.75, 3.05) is 13.7 Å². The molecule has 0 radical (unpaired) electrons. The van der Waals surface area contributed by atoms with E-state index in [1.54, 1.807) is 6.08 Å². The highest BCUT2D eigenvalue weighted by Gasteiger charge is 2.39. The SMILES string of the molecule is COC(=O)C[C@@H]1CC2C=CC(=O)CC2=CN(CC(F)(F)F)C1=O. The normalized spacial score (nSPS) is 24.9. The van der Waals surface area contributed by atoms with Crippen molar-refractivity contribution in [3.8, 4) is 0 Å². The third kappa shape index (κ3) is 4.43. The number of hydrogen-bond donors (Lipinski definition) is 0. The maximum absolute atomic E-state index is 12.7. The molecule has 2 rings (SSSR count). The fourth-order valence-electron chi connectivity index (χ4n) is 2.79. The summed E-state index contributed by atoms with van der Waals surface area (Å²) in [7, 11) is 1.15. The molecule has 0 saturated carbocycles. The maximum atomic E-state index is 12.7. The predicted molar refractivity (Wildman–Crippen MR) is 72.8 cm³/mol. The van der Waals surface area contributed by atoms with Gasteiger partial charge in [-0.25, -0.2) is 0 Å². The molecule has 1 heterocycles. The quantitative estimate of drug-likeness (QED) is 0.742. The summed E-state index contributed by atoms with van der Waals surface area (Å²) in [6, 6.07) is 0. The molecule has 1 amide bonds. The number of carbonyl (C=O) groups excluding carboxylic acids is 3. The molecule has 1 aliphatic carbocycles. The van der Waals surface area contributed by atoms with Gasteiger partial charge in [0.05, 0.1) is 13.5 Å². The molecule has 0 aromatic rings. The Morgan fingerprint density at radius 2 is 2.09 bits per heavy atom. The monoisotopic (exact) mass is 331 g/mol. The van der Waals surface area contributed by atoms with E-state index in [1.807, 2.05) is 0 Å². The summed E-state index contributed by atoms with van der Waals surface area (Å²) in [4.78, 5) is 35.8. The van der Waals surface area contributed by atoms with Gasteiger partial charge in [0.1, 0.15) is 6.54 Å². The van der Waals surface area contributed by atoms with Crippen LogP contribution in [0.3, 0.4) is 0 Å². The Hall–Kier alpha value is -2.12. The van der Waals surface area contributed by atoms with Gasteiger partial charge in [-0.05, 0) is 18.1 Å². The van der Waals surface area contributed by atoms with E-state index in [0.717, 1.165) is 13.3 Å². The minimum Gasteiger partial charge on any atom is -0.469 e. The number of halogens is 3. The Balaban J connectivity index is 2.32. The zero-order valence-electron chi connectivity index (χ0n) is 12.4. The summed E-state index contributed by atoms with van der Waals surface area (Å²) in [6.07, 6.45) is -0.655. The van der Waals surface area contributed by atoms with Gasteiger partial charge in [-0.1, -0.05) is 6.08 Å². The number of ether oxygens (including phenoxy) is 1. The first-order valence-electron chi connectivity index (χ1n) is 7.05. The van der Waals surface area contributed by atoms with E-state index in [-0.39, 0.29) is 31.0 Å². The van der Waals surface area contributed by atoms with Gasteiger partial charge in [0.2, 0.25) is 5.91 Å². The van der Waals surface area contributed by atoms with Crippen molar-refractivity contribution < 1.29 is 32.3 Å². The number of alkyl halides is 3. The fourth-order valence-corrected chi connectivity index (χ4v) is 2.79. The highest BCUT2D eigenvalue weighted by Crippen LogP contribution is 2.34. The van der Waals surface area contributed by atoms with E-state index in [0.29, 0.717) is 10.5 Å². The number of ketones is 1. The van der Waals surface area contributed by atoms with Gasteiger partial charge in [-0.2, -0.15) is 13.2 Å². The first-order valence-corrected chi connectivity index (χ1v) is 7.05. The second kappa shape index (κ2) is 6.55. The van der Waals surface area contributed by atoms with Crippen LogP contribution < -0.4 is 0 Å². The van der Waals surface area contributed by atoms with E-state index in [2.05, 4.69) is 4.74 Å². The van der Waals surface area contributed by atoms with Crippen LogP contribution in [-0.4, -0.2) is 42.4 Å². The van der Waals surface area contributed by atoms with E-state index in [4.69, 9.17) is 0 Å². The van der Waals surface area contributed by atoms with E-state index in [1.165, 1.54) is 6.08 Å². The Morgan fingerprint density at radius 1 is 1.39 bits per heavy atom.